The molecule has 0 aliphatic carbocycles. The van der Waals surface area contributed by atoms with Crippen LogP contribution in [0.15, 0.2) is 56.7 Å². The van der Waals surface area contributed by atoms with Crippen molar-refractivity contribution in [2.75, 3.05) is 20.1 Å². The van der Waals surface area contributed by atoms with Gasteiger partial charge in [-0.1, -0.05) is 17.7 Å². The molecule has 1 aromatic heterocycles. The van der Waals surface area contributed by atoms with Gasteiger partial charge in [-0.15, -0.1) is 0 Å². The van der Waals surface area contributed by atoms with E-state index >= 15 is 0 Å². The molecule has 0 saturated heterocycles. The number of nitrogens with zero attached hydrogens (tertiary/aromatic N) is 1. The van der Waals surface area contributed by atoms with E-state index in [1.165, 1.54) is 12.1 Å². The summed E-state index contributed by atoms with van der Waals surface area (Å²) in [5, 5.41) is 4.75. The summed E-state index contributed by atoms with van der Waals surface area (Å²) in [6, 6.07) is 11.2. The number of carbonyl (C=O) groups excluding carboxylic acids is 1. The first kappa shape index (κ1) is 20.9. The topological polar surface area (TPSA) is 79.6 Å². The van der Waals surface area contributed by atoms with Crippen LogP contribution < -0.4 is 5.32 Å². The van der Waals surface area contributed by atoms with Crippen LogP contribution in [0.3, 0.4) is 0 Å². The molecule has 3 aromatic rings. The Kier molecular flexibility index (Phi) is 5.61. The first-order chi connectivity index (χ1) is 14.3. The van der Waals surface area contributed by atoms with Gasteiger partial charge in [-0.2, -0.15) is 0 Å². The number of nitrogens with one attached hydrogen (secondary N) is 1. The molecule has 0 radical (unpaired) electrons. The summed E-state index contributed by atoms with van der Waals surface area (Å²) in [5.74, 6) is 0.844. The quantitative estimate of drug-likeness (QED) is 0.641. The van der Waals surface area contributed by atoms with E-state index in [-0.39, 0.29) is 21.7 Å². The van der Waals surface area contributed by atoms with Crippen LogP contribution in [0.5, 0.6) is 0 Å². The van der Waals surface area contributed by atoms with Crippen molar-refractivity contribution in [2.24, 2.45) is 0 Å². The molecule has 158 valence electrons. The second-order valence-electron chi connectivity index (χ2n) is 7.55. The van der Waals surface area contributed by atoms with Crippen molar-refractivity contribution in [3.63, 3.8) is 0 Å². The van der Waals surface area contributed by atoms with Crippen molar-refractivity contribution in [3.8, 4) is 0 Å². The molecular formula is C22H23ClN2O4S. The number of halogens is 1. The van der Waals surface area contributed by atoms with E-state index in [2.05, 4.69) is 5.32 Å². The third-order valence-electron chi connectivity index (χ3n) is 5.59. The Morgan fingerprint density at radius 2 is 2.00 bits per heavy atom. The van der Waals surface area contributed by atoms with Gasteiger partial charge >= 0.3 is 0 Å². The maximum absolute atomic E-state index is 13.0. The van der Waals surface area contributed by atoms with E-state index in [9.17, 15) is 13.2 Å². The lowest BCUT2D eigenvalue weighted by Crippen LogP contribution is -2.33. The van der Waals surface area contributed by atoms with E-state index in [1.807, 2.05) is 6.07 Å². The SMILES string of the molecule is CC(=O)N(C)CCC1NCCc2c1oc1cc(S(=O)(=O)c3cccc(Cl)c3)ccc21. The standard InChI is InChI=1S/C22H23ClN2O4S/c1-14(26)25(2)11-9-20-22-19(8-10-24-20)18-7-6-17(13-21(18)29-22)30(27,28)16-5-3-4-15(23)12-16/h3-7,12-13,20,24H,8-11H2,1-2H3. The van der Waals surface area contributed by atoms with E-state index in [1.54, 1.807) is 43.1 Å². The van der Waals surface area contributed by atoms with Crippen LogP contribution in [0.1, 0.15) is 30.7 Å². The molecule has 8 heteroatoms. The number of carbonyl (C=O) groups is 1. The van der Waals surface area contributed by atoms with E-state index in [0.29, 0.717) is 17.2 Å². The zero-order valence-corrected chi connectivity index (χ0v) is 18.4. The summed E-state index contributed by atoms with van der Waals surface area (Å²) >= 11 is 5.98. The molecule has 1 aliphatic heterocycles. The Hall–Kier alpha value is -2.35. The van der Waals surface area contributed by atoms with Gasteiger partial charge in [0.1, 0.15) is 11.3 Å². The summed E-state index contributed by atoms with van der Waals surface area (Å²) in [7, 11) is -1.93. The summed E-state index contributed by atoms with van der Waals surface area (Å²) in [6.07, 6.45) is 1.53. The van der Waals surface area contributed by atoms with Gasteiger partial charge in [0, 0.05) is 49.1 Å². The minimum Gasteiger partial charge on any atom is -0.459 e. The lowest BCUT2D eigenvalue weighted by Gasteiger charge is -2.25. The summed E-state index contributed by atoms with van der Waals surface area (Å²) in [6.45, 7) is 2.96. The average Bonchev–Trinajstić information content (AvgIpc) is 3.10. The molecule has 0 fully saturated rings. The first-order valence-electron chi connectivity index (χ1n) is 9.78. The number of amides is 1. The Morgan fingerprint density at radius 3 is 2.73 bits per heavy atom. The Morgan fingerprint density at radius 1 is 1.23 bits per heavy atom. The molecule has 1 N–H and O–H groups in total. The molecule has 6 nitrogen and oxygen atoms in total. The van der Waals surface area contributed by atoms with Crippen molar-refractivity contribution in [3.05, 3.63) is 58.8 Å². The fraction of sp³-hybridized carbons (Fsp3) is 0.318. The predicted octanol–water partition coefficient (Wildman–Crippen LogP) is 3.97. The van der Waals surface area contributed by atoms with Crippen LogP contribution in [0.4, 0.5) is 0 Å². The van der Waals surface area contributed by atoms with Crippen LogP contribution >= 0.6 is 11.6 Å². The van der Waals surface area contributed by atoms with Crippen LogP contribution in [-0.4, -0.2) is 39.4 Å². The number of hydrogen-bond donors (Lipinski definition) is 1. The third kappa shape index (κ3) is 3.85. The highest BCUT2D eigenvalue weighted by molar-refractivity contribution is 7.91. The van der Waals surface area contributed by atoms with Gasteiger partial charge in [-0.25, -0.2) is 8.42 Å². The maximum atomic E-state index is 13.0. The summed E-state index contributed by atoms with van der Waals surface area (Å²) in [4.78, 5) is 13.5. The number of rotatable bonds is 5. The number of hydrogen-bond acceptors (Lipinski definition) is 5. The summed E-state index contributed by atoms with van der Waals surface area (Å²) in [5.41, 5.74) is 1.66. The average molecular weight is 447 g/mol. The molecular weight excluding hydrogens is 424 g/mol. The van der Waals surface area contributed by atoms with Crippen molar-refractivity contribution >= 4 is 38.3 Å². The molecule has 0 bridgehead atoms. The lowest BCUT2D eigenvalue weighted by molar-refractivity contribution is -0.127. The van der Waals surface area contributed by atoms with Gasteiger partial charge in [-0.05, 0) is 43.2 Å². The molecule has 1 unspecified atom stereocenters. The summed E-state index contributed by atoms with van der Waals surface area (Å²) < 4.78 is 32.2. The van der Waals surface area contributed by atoms with Crippen molar-refractivity contribution in [1.29, 1.82) is 0 Å². The maximum Gasteiger partial charge on any atom is 0.219 e. The minimum atomic E-state index is -3.70. The fourth-order valence-electron chi connectivity index (χ4n) is 3.80. The highest BCUT2D eigenvalue weighted by Gasteiger charge is 2.28. The van der Waals surface area contributed by atoms with E-state index in [0.717, 1.165) is 36.1 Å². The second-order valence-corrected chi connectivity index (χ2v) is 9.94. The molecule has 2 heterocycles. The van der Waals surface area contributed by atoms with Gasteiger partial charge in [-0.3, -0.25) is 4.79 Å². The van der Waals surface area contributed by atoms with Gasteiger partial charge in [0.15, 0.2) is 0 Å². The zero-order chi connectivity index (χ0) is 21.5. The zero-order valence-electron chi connectivity index (χ0n) is 16.8. The van der Waals surface area contributed by atoms with E-state index in [4.69, 9.17) is 16.0 Å². The monoisotopic (exact) mass is 446 g/mol. The van der Waals surface area contributed by atoms with E-state index < -0.39 is 9.84 Å². The number of furan rings is 1. The molecule has 30 heavy (non-hydrogen) atoms. The van der Waals surface area contributed by atoms with Crippen molar-refractivity contribution < 1.29 is 17.6 Å². The minimum absolute atomic E-state index is 0.0177. The molecule has 0 saturated carbocycles. The number of fused-ring (bicyclic) bond motifs is 3. The Bertz CT molecular complexity index is 1220. The highest BCUT2D eigenvalue weighted by atomic mass is 35.5. The molecule has 1 aliphatic rings. The largest absolute Gasteiger partial charge is 0.459 e. The highest BCUT2D eigenvalue weighted by Crippen LogP contribution is 2.36. The molecule has 1 atom stereocenters. The molecule has 1 amide bonds. The second kappa shape index (κ2) is 8.06. The first-order valence-corrected chi connectivity index (χ1v) is 11.6. The fourth-order valence-corrected chi connectivity index (χ4v) is 5.38. The normalized spacial score (nSPS) is 16.4. The molecule has 2 aromatic carbocycles. The molecule has 4 rings (SSSR count). The number of benzene rings is 2. The number of sulfone groups is 1. The van der Waals surface area contributed by atoms with Gasteiger partial charge in [0.2, 0.25) is 15.7 Å². The smallest absolute Gasteiger partial charge is 0.219 e. The third-order valence-corrected chi connectivity index (χ3v) is 7.57. The van der Waals surface area contributed by atoms with Gasteiger partial charge < -0.3 is 14.6 Å². The van der Waals surface area contributed by atoms with Crippen LogP contribution in [0.2, 0.25) is 5.02 Å². The van der Waals surface area contributed by atoms with Crippen LogP contribution in [0, 0.1) is 0 Å². The van der Waals surface area contributed by atoms with Crippen LogP contribution in [-0.2, 0) is 21.1 Å². The van der Waals surface area contributed by atoms with Crippen molar-refractivity contribution in [2.45, 2.75) is 35.6 Å². The molecule has 0 spiro atoms. The Labute approximate surface area is 180 Å². The van der Waals surface area contributed by atoms with Crippen molar-refractivity contribution in [1.82, 2.24) is 10.2 Å². The Balaban J connectivity index is 1.69. The predicted molar refractivity (Wildman–Crippen MR) is 115 cm³/mol. The van der Waals surface area contributed by atoms with Gasteiger partial charge in [0.25, 0.3) is 0 Å². The van der Waals surface area contributed by atoms with Crippen LogP contribution in [0.25, 0.3) is 11.0 Å². The lowest BCUT2D eigenvalue weighted by atomic mass is 9.97. The van der Waals surface area contributed by atoms with Gasteiger partial charge in [0.05, 0.1) is 15.8 Å².